The van der Waals surface area contributed by atoms with Gasteiger partial charge >= 0.3 is 5.97 Å². The van der Waals surface area contributed by atoms with Crippen LogP contribution in [-0.4, -0.2) is 44.7 Å². The first-order valence-corrected chi connectivity index (χ1v) is 7.84. The predicted octanol–water partition coefficient (Wildman–Crippen LogP) is 2.12. The molecular weight excluding hydrogens is 312 g/mol. The molecule has 0 aromatic heterocycles. The van der Waals surface area contributed by atoms with E-state index in [0.717, 1.165) is 6.07 Å². The van der Waals surface area contributed by atoms with Gasteiger partial charge in [0.2, 0.25) is 0 Å². The van der Waals surface area contributed by atoms with E-state index in [1.54, 1.807) is 25.2 Å². The van der Waals surface area contributed by atoms with E-state index in [0.29, 0.717) is 24.8 Å². The summed E-state index contributed by atoms with van der Waals surface area (Å²) in [6, 6.07) is 2.44. The zero-order valence-corrected chi connectivity index (χ0v) is 13.4. The zero-order valence-electron chi connectivity index (χ0n) is 13.4. The van der Waals surface area contributed by atoms with Crippen molar-refractivity contribution in [3.63, 3.8) is 0 Å². The third-order valence-corrected chi connectivity index (χ3v) is 3.77. The van der Waals surface area contributed by atoms with Crippen LogP contribution in [0.5, 0.6) is 11.5 Å². The Morgan fingerprint density at radius 3 is 2.67 bits per heavy atom. The van der Waals surface area contributed by atoms with Crippen LogP contribution in [0, 0.1) is 0 Å². The van der Waals surface area contributed by atoms with Crippen molar-refractivity contribution in [1.29, 1.82) is 0 Å². The molecule has 0 bridgehead atoms. The lowest BCUT2D eigenvalue weighted by Crippen LogP contribution is -2.23. The Morgan fingerprint density at radius 2 is 1.92 bits per heavy atom. The Bertz CT molecular complexity index is 649. The molecule has 4 N–H and O–H groups in total. The summed E-state index contributed by atoms with van der Waals surface area (Å²) in [5.41, 5.74) is 0.310. The third kappa shape index (κ3) is 4.59. The van der Waals surface area contributed by atoms with Crippen LogP contribution >= 0.6 is 0 Å². The van der Waals surface area contributed by atoms with Gasteiger partial charge in [-0.2, -0.15) is 0 Å². The van der Waals surface area contributed by atoms with Gasteiger partial charge < -0.3 is 25.2 Å². The van der Waals surface area contributed by atoms with E-state index in [9.17, 15) is 25.2 Å². The molecule has 2 rings (SSSR count). The smallest absolute Gasteiger partial charge is 0.342 e. The van der Waals surface area contributed by atoms with Crippen molar-refractivity contribution >= 4 is 12.0 Å². The maximum atomic E-state index is 12.3. The fraction of sp³-hybridized carbons (Fsp3) is 0.389. The Labute approximate surface area is 140 Å². The molecule has 0 radical (unpaired) electrons. The van der Waals surface area contributed by atoms with E-state index in [1.165, 1.54) is 12.1 Å². The second kappa shape index (κ2) is 7.99. The molecule has 1 aliphatic heterocycles. The normalized spacial score (nSPS) is 28.3. The molecule has 1 aromatic carbocycles. The van der Waals surface area contributed by atoms with Gasteiger partial charge in [-0.25, -0.2) is 4.79 Å². The summed E-state index contributed by atoms with van der Waals surface area (Å²) in [7, 11) is 0. The molecule has 6 nitrogen and oxygen atoms in total. The predicted molar refractivity (Wildman–Crippen MR) is 88.7 cm³/mol. The topological polar surface area (TPSA) is 107 Å². The van der Waals surface area contributed by atoms with E-state index >= 15 is 0 Å². The van der Waals surface area contributed by atoms with Crippen molar-refractivity contribution in [2.45, 2.75) is 44.5 Å². The Balaban J connectivity index is 2.36. The van der Waals surface area contributed by atoms with Crippen molar-refractivity contribution in [2.75, 3.05) is 0 Å². The fourth-order valence-corrected chi connectivity index (χ4v) is 2.46. The number of hydrogen-bond donors (Lipinski definition) is 4. The number of cyclic esters (lactones) is 1. The highest BCUT2D eigenvalue weighted by Gasteiger charge is 2.20. The SMILES string of the molecule is C[C@@H]1C/C=C\[C@H](O)[C@@H](O)CC/C=C/c2cc(O)cc(O)c2C(=O)O1. The molecule has 24 heavy (non-hydrogen) atoms. The van der Waals surface area contributed by atoms with Crippen molar-refractivity contribution < 1.29 is 30.0 Å². The fourth-order valence-electron chi connectivity index (χ4n) is 2.46. The number of carbonyl (C=O) groups is 1. The summed E-state index contributed by atoms with van der Waals surface area (Å²) in [4.78, 5) is 12.3. The van der Waals surface area contributed by atoms with Gasteiger partial charge in [-0.3, -0.25) is 0 Å². The Hall–Kier alpha value is -2.31. The van der Waals surface area contributed by atoms with Gasteiger partial charge in [-0.15, -0.1) is 0 Å². The summed E-state index contributed by atoms with van der Waals surface area (Å²) in [5.74, 6) is -1.22. The minimum Gasteiger partial charge on any atom is -0.508 e. The first-order chi connectivity index (χ1) is 11.4. The van der Waals surface area contributed by atoms with E-state index in [2.05, 4.69) is 0 Å². The van der Waals surface area contributed by atoms with Crippen LogP contribution in [0.15, 0.2) is 30.4 Å². The number of phenolic OH excluding ortho intramolecular Hbond substituents is 2. The van der Waals surface area contributed by atoms with Crippen molar-refractivity contribution in [3.05, 3.63) is 41.5 Å². The molecule has 1 aliphatic rings. The molecule has 0 fully saturated rings. The summed E-state index contributed by atoms with van der Waals surface area (Å²) in [6.45, 7) is 1.68. The molecule has 0 saturated carbocycles. The molecule has 1 aromatic rings. The van der Waals surface area contributed by atoms with Crippen molar-refractivity contribution in [1.82, 2.24) is 0 Å². The number of esters is 1. The molecule has 0 saturated heterocycles. The molecule has 0 unspecified atom stereocenters. The van der Waals surface area contributed by atoms with Crippen LogP contribution in [0.3, 0.4) is 0 Å². The number of fused-ring (bicyclic) bond motifs is 1. The maximum absolute atomic E-state index is 12.3. The van der Waals surface area contributed by atoms with E-state index in [-0.39, 0.29) is 17.1 Å². The average molecular weight is 334 g/mol. The average Bonchev–Trinajstić information content (AvgIpc) is 2.49. The van der Waals surface area contributed by atoms with Gasteiger partial charge in [0.15, 0.2) is 0 Å². The second-order valence-electron chi connectivity index (χ2n) is 5.85. The number of aliphatic hydroxyl groups excluding tert-OH is 2. The summed E-state index contributed by atoms with van der Waals surface area (Å²) >= 11 is 0. The van der Waals surface area contributed by atoms with Gasteiger partial charge in [-0.05, 0) is 31.4 Å². The molecule has 1 heterocycles. The summed E-state index contributed by atoms with van der Waals surface area (Å²) < 4.78 is 5.29. The number of ether oxygens (including phenoxy) is 1. The minimum atomic E-state index is -0.982. The monoisotopic (exact) mass is 334 g/mol. The van der Waals surface area contributed by atoms with Gasteiger partial charge in [0, 0.05) is 12.5 Å². The lowest BCUT2D eigenvalue weighted by molar-refractivity contribution is 0.0337. The highest BCUT2D eigenvalue weighted by molar-refractivity contribution is 5.97. The number of aliphatic hydroxyl groups is 2. The number of carbonyl (C=O) groups excluding carboxylic acids is 1. The van der Waals surface area contributed by atoms with Crippen LogP contribution in [0.1, 0.15) is 42.1 Å². The number of hydrogen-bond acceptors (Lipinski definition) is 6. The van der Waals surface area contributed by atoms with Crippen molar-refractivity contribution in [2.24, 2.45) is 0 Å². The number of allylic oxidation sites excluding steroid dienone is 1. The standard InChI is InChI=1S/C18H22O6/c1-11-5-4-8-15(21)14(20)7-3-2-6-12-9-13(19)10-16(22)17(12)18(23)24-11/h2,4,6,8-11,14-15,19-22H,3,5,7H2,1H3/b6-2+,8-4-/t11-,14+,15+/m1/s1. The first kappa shape index (κ1) is 18.0. The van der Waals surface area contributed by atoms with Gasteiger partial charge in [0.1, 0.15) is 23.2 Å². The Morgan fingerprint density at radius 1 is 1.17 bits per heavy atom. The number of rotatable bonds is 0. The second-order valence-corrected chi connectivity index (χ2v) is 5.85. The number of aromatic hydroxyl groups is 2. The third-order valence-electron chi connectivity index (χ3n) is 3.77. The van der Waals surface area contributed by atoms with Gasteiger partial charge in [0.25, 0.3) is 0 Å². The molecule has 6 heteroatoms. The van der Waals surface area contributed by atoms with Crippen molar-refractivity contribution in [3.8, 4) is 11.5 Å². The maximum Gasteiger partial charge on any atom is 0.342 e. The molecular formula is C18H22O6. The lowest BCUT2D eigenvalue weighted by atomic mass is 10.0. The number of phenols is 2. The first-order valence-electron chi connectivity index (χ1n) is 7.84. The number of benzene rings is 1. The van der Waals surface area contributed by atoms with Crippen LogP contribution in [0.25, 0.3) is 6.08 Å². The zero-order chi connectivity index (χ0) is 17.7. The molecule has 0 spiro atoms. The van der Waals surface area contributed by atoms with Gasteiger partial charge in [-0.1, -0.05) is 24.3 Å². The molecule has 130 valence electrons. The van der Waals surface area contributed by atoms with Crippen LogP contribution in [0.4, 0.5) is 0 Å². The molecule has 0 amide bonds. The van der Waals surface area contributed by atoms with E-state index in [1.807, 2.05) is 0 Å². The highest BCUT2D eigenvalue weighted by atomic mass is 16.5. The molecule has 0 aliphatic carbocycles. The van der Waals surface area contributed by atoms with E-state index in [4.69, 9.17) is 4.74 Å². The lowest BCUT2D eigenvalue weighted by Gasteiger charge is -2.16. The largest absolute Gasteiger partial charge is 0.508 e. The van der Waals surface area contributed by atoms with E-state index < -0.39 is 24.3 Å². The van der Waals surface area contributed by atoms with Crippen LogP contribution in [0.2, 0.25) is 0 Å². The molecule has 3 atom stereocenters. The van der Waals surface area contributed by atoms with Crippen LogP contribution in [-0.2, 0) is 4.74 Å². The Kier molecular flexibility index (Phi) is 6.00. The summed E-state index contributed by atoms with van der Waals surface area (Å²) in [6.07, 6.45) is 5.18. The highest BCUT2D eigenvalue weighted by Crippen LogP contribution is 2.29. The van der Waals surface area contributed by atoms with Gasteiger partial charge in [0.05, 0.1) is 12.2 Å². The summed E-state index contributed by atoms with van der Waals surface area (Å²) in [5, 5.41) is 39.3. The minimum absolute atomic E-state index is 0.0162. The quantitative estimate of drug-likeness (QED) is 0.428. The van der Waals surface area contributed by atoms with Crippen LogP contribution < -0.4 is 0 Å².